The average molecular weight is 191 g/mol. The number of hydrogen-bond donors (Lipinski definition) is 0. The van der Waals surface area contributed by atoms with E-state index in [2.05, 4.69) is 4.89 Å². The van der Waals surface area contributed by atoms with Gasteiger partial charge in [-0.2, -0.15) is 5.26 Å². The first kappa shape index (κ1) is 10.1. The van der Waals surface area contributed by atoms with Gasteiger partial charge in [0.25, 0.3) is 0 Å². The van der Waals surface area contributed by atoms with Crippen LogP contribution in [0.15, 0.2) is 24.3 Å². The van der Waals surface area contributed by atoms with Crippen LogP contribution in [0.2, 0.25) is 0 Å². The molecule has 0 aliphatic carbocycles. The summed E-state index contributed by atoms with van der Waals surface area (Å²) in [5.74, 6) is -0.138. The van der Waals surface area contributed by atoms with Gasteiger partial charge in [-0.25, -0.2) is 4.79 Å². The first-order valence-electron chi connectivity index (χ1n) is 4.04. The van der Waals surface area contributed by atoms with Crippen molar-refractivity contribution in [2.45, 2.75) is 13.3 Å². The highest BCUT2D eigenvalue weighted by Crippen LogP contribution is 2.18. The molecule has 0 fully saturated rings. The molecule has 0 radical (unpaired) electrons. The Hall–Kier alpha value is -2.02. The fourth-order valence-electron chi connectivity index (χ4n) is 0.920. The molecule has 4 heteroatoms. The predicted molar refractivity (Wildman–Crippen MR) is 48.2 cm³/mol. The van der Waals surface area contributed by atoms with Crippen molar-refractivity contribution in [1.29, 1.82) is 5.26 Å². The van der Waals surface area contributed by atoms with Crippen LogP contribution < -0.4 is 4.89 Å². The molecule has 0 bridgehead atoms. The molecule has 0 amide bonds. The summed E-state index contributed by atoms with van der Waals surface area (Å²) in [5, 5.41) is 8.51. The van der Waals surface area contributed by atoms with Crippen molar-refractivity contribution < 1.29 is 14.6 Å². The summed E-state index contributed by atoms with van der Waals surface area (Å²) in [6, 6.07) is 8.89. The largest absolute Gasteiger partial charge is 0.352 e. The topological polar surface area (TPSA) is 59.3 Å². The minimum Gasteiger partial charge on any atom is -0.287 e. The molecule has 1 aromatic carbocycles. The lowest BCUT2D eigenvalue weighted by Gasteiger charge is -2.05. The van der Waals surface area contributed by atoms with E-state index in [1.807, 2.05) is 6.07 Å². The van der Waals surface area contributed by atoms with Gasteiger partial charge in [0.05, 0.1) is 12.5 Å². The van der Waals surface area contributed by atoms with E-state index in [4.69, 9.17) is 10.1 Å². The summed E-state index contributed by atoms with van der Waals surface area (Å²) >= 11 is 0. The molecular weight excluding hydrogens is 182 g/mol. The van der Waals surface area contributed by atoms with Gasteiger partial charge in [-0.15, -0.1) is 0 Å². The molecule has 0 N–H and O–H groups in total. The van der Waals surface area contributed by atoms with E-state index in [9.17, 15) is 4.79 Å². The fraction of sp³-hybridized carbons (Fsp3) is 0.200. The number of para-hydroxylation sites is 1. The van der Waals surface area contributed by atoms with Gasteiger partial charge in [0.15, 0.2) is 5.75 Å². The van der Waals surface area contributed by atoms with Gasteiger partial charge < -0.3 is 0 Å². The molecule has 0 aliphatic heterocycles. The van der Waals surface area contributed by atoms with Crippen molar-refractivity contribution >= 4 is 5.97 Å². The van der Waals surface area contributed by atoms with Gasteiger partial charge >= 0.3 is 5.97 Å². The first-order valence-corrected chi connectivity index (χ1v) is 4.04. The van der Waals surface area contributed by atoms with Crippen LogP contribution in [0.1, 0.15) is 12.5 Å². The van der Waals surface area contributed by atoms with Crippen LogP contribution in [-0.2, 0) is 16.1 Å². The summed E-state index contributed by atoms with van der Waals surface area (Å²) in [5.41, 5.74) is 0.691. The van der Waals surface area contributed by atoms with Crippen LogP contribution in [0.3, 0.4) is 0 Å². The lowest BCUT2D eigenvalue weighted by Crippen LogP contribution is -2.04. The third kappa shape index (κ3) is 2.79. The summed E-state index contributed by atoms with van der Waals surface area (Å²) in [6.45, 7) is 1.24. The van der Waals surface area contributed by atoms with Crippen molar-refractivity contribution in [2.24, 2.45) is 0 Å². The molecule has 0 aliphatic rings. The van der Waals surface area contributed by atoms with Crippen LogP contribution in [0, 0.1) is 11.3 Å². The van der Waals surface area contributed by atoms with Crippen LogP contribution in [0.25, 0.3) is 0 Å². The Morgan fingerprint density at radius 2 is 2.21 bits per heavy atom. The van der Waals surface area contributed by atoms with Gasteiger partial charge in [0.1, 0.15) is 0 Å². The summed E-state index contributed by atoms with van der Waals surface area (Å²) in [4.78, 5) is 19.6. The Labute approximate surface area is 81.6 Å². The molecule has 72 valence electrons. The fourth-order valence-corrected chi connectivity index (χ4v) is 0.920. The van der Waals surface area contributed by atoms with Crippen molar-refractivity contribution in [3.8, 4) is 11.8 Å². The molecular formula is C10H9NO3. The second-order valence-corrected chi connectivity index (χ2v) is 2.60. The number of rotatable bonds is 3. The molecule has 0 spiro atoms. The van der Waals surface area contributed by atoms with Crippen LogP contribution in [-0.4, -0.2) is 5.97 Å². The zero-order chi connectivity index (χ0) is 10.4. The summed E-state index contributed by atoms with van der Waals surface area (Å²) < 4.78 is 0. The maximum absolute atomic E-state index is 10.5. The Kier molecular flexibility index (Phi) is 3.50. The Morgan fingerprint density at radius 1 is 1.50 bits per heavy atom. The minimum absolute atomic E-state index is 0.220. The summed E-state index contributed by atoms with van der Waals surface area (Å²) in [7, 11) is 0. The molecule has 0 heterocycles. The predicted octanol–water partition coefficient (Wildman–Crippen LogP) is 1.61. The minimum atomic E-state index is -0.531. The van der Waals surface area contributed by atoms with Crippen LogP contribution in [0.4, 0.5) is 0 Å². The summed E-state index contributed by atoms with van der Waals surface area (Å²) in [6.07, 6.45) is 0.220. The van der Waals surface area contributed by atoms with Crippen molar-refractivity contribution in [3.05, 3.63) is 29.8 Å². The smallest absolute Gasteiger partial charge is 0.287 e. The third-order valence-electron chi connectivity index (χ3n) is 1.49. The van der Waals surface area contributed by atoms with Gasteiger partial charge in [-0.3, -0.25) is 9.78 Å². The van der Waals surface area contributed by atoms with Gasteiger partial charge in [0, 0.05) is 12.5 Å². The van der Waals surface area contributed by atoms with Crippen molar-refractivity contribution in [1.82, 2.24) is 0 Å². The van der Waals surface area contributed by atoms with E-state index in [0.29, 0.717) is 11.3 Å². The van der Waals surface area contributed by atoms with Gasteiger partial charge in [-0.1, -0.05) is 18.2 Å². The second kappa shape index (κ2) is 4.87. The van der Waals surface area contributed by atoms with E-state index in [0.717, 1.165) is 0 Å². The molecule has 1 aromatic rings. The molecule has 1 rings (SSSR count). The molecule has 0 aromatic heterocycles. The van der Waals surface area contributed by atoms with E-state index < -0.39 is 5.97 Å². The SMILES string of the molecule is CC(=O)OOc1ccccc1CC#N. The first-order chi connectivity index (χ1) is 6.74. The molecule has 14 heavy (non-hydrogen) atoms. The van der Waals surface area contributed by atoms with Crippen molar-refractivity contribution in [3.63, 3.8) is 0 Å². The lowest BCUT2D eigenvalue weighted by atomic mass is 10.1. The highest BCUT2D eigenvalue weighted by atomic mass is 17.2. The van der Waals surface area contributed by atoms with E-state index in [-0.39, 0.29) is 6.42 Å². The molecule has 4 nitrogen and oxygen atoms in total. The van der Waals surface area contributed by atoms with Gasteiger partial charge in [0.2, 0.25) is 0 Å². The third-order valence-corrected chi connectivity index (χ3v) is 1.49. The molecule has 0 atom stereocenters. The number of nitriles is 1. The van der Waals surface area contributed by atoms with E-state index >= 15 is 0 Å². The highest BCUT2D eigenvalue weighted by Gasteiger charge is 2.04. The monoisotopic (exact) mass is 191 g/mol. The van der Waals surface area contributed by atoms with Gasteiger partial charge in [-0.05, 0) is 6.07 Å². The Morgan fingerprint density at radius 3 is 2.86 bits per heavy atom. The highest BCUT2D eigenvalue weighted by molar-refractivity contribution is 5.65. The normalized spacial score (nSPS) is 8.86. The standard InChI is InChI=1S/C10H9NO3/c1-8(12)13-14-10-5-3-2-4-9(10)6-7-11/h2-5H,6H2,1H3. The van der Waals surface area contributed by atoms with E-state index in [1.165, 1.54) is 6.92 Å². The molecule has 0 unspecified atom stereocenters. The average Bonchev–Trinajstić information content (AvgIpc) is 2.17. The van der Waals surface area contributed by atoms with E-state index in [1.54, 1.807) is 24.3 Å². The zero-order valence-corrected chi connectivity index (χ0v) is 7.69. The Bertz CT molecular complexity index is 368. The van der Waals surface area contributed by atoms with Crippen LogP contribution in [0.5, 0.6) is 5.75 Å². The molecule has 0 saturated heterocycles. The maximum atomic E-state index is 10.5. The lowest BCUT2D eigenvalue weighted by molar-refractivity contribution is -0.211. The zero-order valence-electron chi connectivity index (χ0n) is 7.69. The molecule has 0 saturated carbocycles. The number of carbonyl (C=O) groups excluding carboxylic acids is 1. The van der Waals surface area contributed by atoms with Crippen LogP contribution >= 0.6 is 0 Å². The number of nitrogens with zero attached hydrogens (tertiary/aromatic N) is 1. The maximum Gasteiger partial charge on any atom is 0.352 e. The number of hydrogen-bond acceptors (Lipinski definition) is 4. The second-order valence-electron chi connectivity index (χ2n) is 2.60. The quantitative estimate of drug-likeness (QED) is 0.538. The van der Waals surface area contributed by atoms with Crippen molar-refractivity contribution in [2.75, 3.05) is 0 Å². The number of carbonyl (C=O) groups is 1. The number of benzene rings is 1. The Balaban J connectivity index is 2.74.